The van der Waals surface area contributed by atoms with Crippen molar-refractivity contribution in [3.63, 3.8) is 0 Å². The lowest BCUT2D eigenvalue weighted by Gasteiger charge is -2.12. The molecule has 3 N–H and O–H groups in total. The van der Waals surface area contributed by atoms with E-state index in [9.17, 15) is 4.79 Å². The highest BCUT2D eigenvalue weighted by Gasteiger charge is 2.45. The Bertz CT molecular complexity index is 418. The van der Waals surface area contributed by atoms with E-state index in [1.165, 1.54) is 0 Å². The fourth-order valence-electron chi connectivity index (χ4n) is 1.38. The van der Waals surface area contributed by atoms with E-state index in [2.05, 4.69) is 27.9 Å². The minimum Gasteiger partial charge on any atom is -0.324 e. The molecule has 0 unspecified atom stereocenters. The molecule has 2 rings (SSSR count). The number of nitrogens with two attached hydrogens (primary N) is 1. The first-order chi connectivity index (χ1) is 7.01. The van der Waals surface area contributed by atoms with Crippen LogP contribution in [0.2, 0.25) is 0 Å². The van der Waals surface area contributed by atoms with Gasteiger partial charge in [-0.2, -0.15) is 0 Å². The molecule has 1 aromatic carbocycles. The lowest BCUT2D eigenvalue weighted by molar-refractivity contribution is -0.118. The molecule has 0 atom stereocenters. The molecule has 16 heavy (non-hydrogen) atoms. The Hall–Kier alpha value is -0.330. The van der Waals surface area contributed by atoms with Gasteiger partial charge in [-0.1, -0.05) is 0 Å². The Labute approximate surface area is 115 Å². The fourth-order valence-corrected chi connectivity index (χ4v) is 2.02. The number of hydrogen-bond acceptors (Lipinski definition) is 2. The van der Waals surface area contributed by atoms with Gasteiger partial charge in [0.15, 0.2) is 0 Å². The SMILES string of the molecule is Cc1cc(I)ccc1NC(=O)C1(N)CC1.Cl. The highest BCUT2D eigenvalue weighted by atomic mass is 127. The average Bonchev–Trinajstić information content (AvgIpc) is 2.90. The van der Waals surface area contributed by atoms with Crippen LogP contribution in [-0.2, 0) is 4.79 Å². The van der Waals surface area contributed by atoms with Gasteiger partial charge in [-0.05, 0) is 66.1 Å². The van der Waals surface area contributed by atoms with Crippen LogP contribution in [0.3, 0.4) is 0 Å². The topological polar surface area (TPSA) is 55.1 Å². The number of hydrogen-bond donors (Lipinski definition) is 2. The van der Waals surface area contributed by atoms with Crippen LogP contribution in [-0.4, -0.2) is 11.4 Å². The number of halogens is 2. The third-order valence-corrected chi connectivity index (χ3v) is 3.35. The van der Waals surface area contributed by atoms with Crippen molar-refractivity contribution in [1.82, 2.24) is 0 Å². The number of aryl methyl sites for hydroxylation is 1. The van der Waals surface area contributed by atoms with Gasteiger partial charge in [0.05, 0.1) is 5.54 Å². The predicted octanol–water partition coefficient (Wildman–Crippen LogP) is 2.45. The lowest BCUT2D eigenvalue weighted by Crippen LogP contribution is -2.37. The summed E-state index contributed by atoms with van der Waals surface area (Å²) >= 11 is 2.25. The summed E-state index contributed by atoms with van der Waals surface area (Å²) < 4.78 is 1.16. The van der Waals surface area contributed by atoms with Crippen molar-refractivity contribution < 1.29 is 4.79 Å². The van der Waals surface area contributed by atoms with E-state index in [4.69, 9.17) is 5.73 Å². The van der Waals surface area contributed by atoms with Gasteiger partial charge in [-0.3, -0.25) is 4.79 Å². The molecule has 0 spiro atoms. The van der Waals surface area contributed by atoms with Crippen LogP contribution < -0.4 is 11.1 Å². The number of nitrogens with one attached hydrogen (secondary N) is 1. The first-order valence-electron chi connectivity index (χ1n) is 4.88. The number of carbonyl (C=O) groups excluding carboxylic acids is 1. The van der Waals surface area contributed by atoms with E-state index in [-0.39, 0.29) is 18.3 Å². The second-order valence-corrected chi connectivity index (χ2v) is 5.32. The van der Waals surface area contributed by atoms with Gasteiger partial charge in [-0.15, -0.1) is 12.4 Å². The van der Waals surface area contributed by atoms with E-state index in [0.717, 1.165) is 27.7 Å². The minimum atomic E-state index is -0.602. The van der Waals surface area contributed by atoms with E-state index in [1.807, 2.05) is 25.1 Å². The van der Waals surface area contributed by atoms with Crippen LogP contribution >= 0.6 is 35.0 Å². The van der Waals surface area contributed by atoms with E-state index < -0.39 is 5.54 Å². The average molecular weight is 353 g/mol. The van der Waals surface area contributed by atoms with Crippen LogP contribution in [0.15, 0.2) is 18.2 Å². The van der Waals surface area contributed by atoms with Crippen LogP contribution in [0.1, 0.15) is 18.4 Å². The van der Waals surface area contributed by atoms with Crippen molar-refractivity contribution in [2.45, 2.75) is 25.3 Å². The van der Waals surface area contributed by atoms with Gasteiger partial charge in [0.2, 0.25) is 5.91 Å². The van der Waals surface area contributed by atoms with Crippen molar-refractivity contribution in [3.05, 3.63) is 27.3 Å². The molecular weight excluding hydrogens is 338 g/mol. The summed E-state index contributed by atoms with van der Waals surface area (Å²) in [6.45, 7) is 1.98. The molecule has 0 aromatic heterocycles. The van der Waals surface area contributed by atoms with Gasteiger partial charge >= 0.3 is 0 Å². The number of rotatable bonds is 2. The molecule has 1 fully saturated rings. The summed E-state index contributed by atoms with van der Waals surface area (Å²) in [6.07, 6.45) is 1.59. The first kappa shape index (κ1) is 13.7. The van der Waals surface area contributed by atoms with Crippen LogP contribution in [0.5, 0.6) is 0 Å². The lowest BCUT2D eigenvalue weighted by atomic mass is 10.2. The Kier molecular flexibility index (Phi) is 4.20. The zero-order valence-electron chi connectivity index (χ0n) is 8.92. The molecule has 3 nitrogen and oxygen atoms in total. The zero-order chi connectivity index (χ0) is 11.1. The zero-order valence-corrected chi connectivity index (χ0v) is 11.9. The molecular formula is C11H14ClIN2O. The smallest absolute Gasteiger partial charge is 0.244 e. The predicted molar refractivity (Wildman–Crippen MR) is 75.9 cm³/mol. The Morgan fingerprint density at radius 2 is 2.12 bits per heavy atom. The molecule has 0 heterocycles. The number of amides is 1. The standard InChI is InChI=1S/C11H13IN2O.ClH/c1-7-6-8(12)2-3-9(7)14-10(15)11(13)4-5-11;/h2-3,6H,4-5,13H2,1H3,(H,14,15);1H. The number of benzene rings is 1. The Morgan fingerprint density at radius 3 is 2.62 bits per heavy atom. The molecule has 0 bridgehead atoms. The molecule has 0 aliphatic heterocycles. The first-order valence-corrected chi connectivity index (χ1v) is 5.96. The highest BCUT2D eigenvalue weighted by Crippen LogP contribution is 2.33. The number of carbonyl (C=O) groups is 1. The van der Waals surface area contributed by atoms with E-state index in [0.29, 0.717) is 0 Å². The normalized spacial score (nSPS) is 16.2. The quantitative estimate of drug-likeness (QED) is 0.803. The second kappa shape index (κ2) is 4.89. The van der Waals surface area contributed by atoms with Crippen LogP contribution in [0, 0.1) is 10.5 Å². The molecule has 88 valence electrons. The molecule has 1 aromatic rings. The number of anilines is 1. The summed E-state index contributed by atoms with van der Waals surface area (Å²) in [6, 6.07) is 5.92. The third kappa shape index (κ3) is 2.87. The van der Waals surface area contributed by atoms with Crippen molar-refractivity contribution in [3.8, 4) is 0 Å². The maximum absolute atomic E-state index is 11.7. The van der Waals surface area contributed by atoms with Gasteiger partial charge in [0.25, 0.3) is 0 Å². The van der Waals surface area contributed by atoms with Crippen molar-refractivity contribution in [2.75, 3.05) is 5.32 Å². The van der Waals surface area contributed by atoms with Crippen LogP contribution in [0.25, 0.3) is 0 Å². The van der Waals surface area contributed by atoms with Crippen molar-refractivity contribution in [1.29, 1.82) is 0 Å². The molecule has 0 saturated heterocycles. The summed E-state index contributed by atoms with van der Waals surface area (Å²) in [7, 11) is 0. The molecule has 0 radical (unpaired) electrons. The van der Waals surface area contributed by atoms with E-state index >= 15 is 0 Å². The largest absolute Gasteiger partial charge is 0.324 e. The molecule has 1 aliphatic rings. The molecule has 1 amide bonds. The summed E-state index contributed by atoms with van der Waals surface area (Å²) in [5, 5.41) is 2.87. The summed E-state index contributed by atoms with van der Waals surface area (Å²) in [5.74, 6) is -0.0631. The van der Waals surface area contributed by atoms with Crippen molar-refractivity contribution >= 4 is 46.6 Å². The highest BCUT2D eigenvalue weighted by molar-refractivity contribution is 14.1. The summed E-state index contributed by atoms with van der Waals surface area (Å²) in [5.41, 5.74) is 7.13. The maximum Gasteiger partial charge on any atom is 0.244 e. The van der Waals surface area contributed by atoms with E-state index in [1.54, 1.807) is 0 Å². The van der Waals surface area contributed by atoms with Gasteiger partial charge in [0, 0.05) is 9.26 Å². The third-order valence-electron chi connectivity index (χ3n) is 2.68. The Balaban J connectivity index is 0.00000128. The maximum atomic E-state index is 11.7. The second-order valence-electron chi connectivity index (χ2n) is 4.07. The molecule has 1 saturated carbocycles. The minimum absolute atomic E-state index is 0. The van der Waals surface area contributed by atoms with Crippen LogP contribution in [0.4, 0.5) is 5.69 Å². The monoisotopic (exact) mass is 352 g/mol. The van der Waals surface area contributed by atoms with Gasteiger partial charge < -0.3 is 11.1 Å². The molecule has 5 heteroatoms. The van der Waals surface area contributed by atoms with Gasteiger partial charge in [-0.25, -0.2) is 0 Å². The molecule has 1 aliphatic carbocycles. The summed E-state index contributed by atoms with van der Waals surface area (Å²) in [4.78, 5) is 11.7. The van der Waals surface area contributed by atoms with Gasteiger partial charge in [0.1, 0.15) is 0 Å². The fraction of sp³-hybridized carbons (Fsp3) is 0.364. The Morgan fingerprint density at radius 1 is 1.50 bits per heavy atom. The van der Waals surface area contributed by atoms with Crippen molar-refractivity contribution in [2.24, 2.45) is 5.73 Å².